The summed E-state index contributed by atoms with van der Waals surface area (Å²) in [5, 5.41) is 7.48. The Morgan fingerprint density at radius 3 is 2.75 bits per heavy atom. The topological polar surface area (TPSA) is 51.9 Å². The van der Waals surface area contributed by atoms with Gasteiger partial charge in [-0.1, -0.05) is 19.8 Å². The number of hydrogen-bond acceptors (Lipinski definition) is 3. The smallest absolute Gasteiger partial charge is 0.347 e. The van der Waals surface area contributed by atoms with Gasteiger partial charge in [0.25, 0.3) is 0 Å². The Labute approximate surface area is 95.5 Å². The van der Waals surface area contributed by atoms with Gasteiger partial charge in [-0.25, -0.2) is 9.48 Å². The van der Waals surface area contributed by atoms with E-state index in [-0.39, 0.29) is 5.69 Å². The maximum absolute atomic E-state index is 12.0. The minimum absolute atomic E-state index is 0.00510. The summed E-state index contributed by atoms with van der Waals surface area (Å²) >= 11 is 0. The molecule has 5 nitrogen and oxygen atoms in total. The lowest BCUT2D eigenvalue weighted by molar-refractivity contribution is 0.500. The first kappa shape index (κ1) is 11.2. The summed E-state index contributed by atoms with van der Waals surface area (Å²) in [5.41, 5.74) is 0.00510. The Kier molecular flexibility index (Phi) is 3.31. The number of hydrogen-bond donors (Lipinski definition) is 1. The summed E-state index contributed by atoms with van der Waals surface area (Å²) in [7, 11) is 1.71. The fourth-order valence-corrected chi connectivity index (χ4v) is 2.33. The molecule has 0 unspecified atom stereocenters. The minimum Gasteiger partial charge on any atom is -0.354 e. The highest BCUT2D eigenvalue weighted by atomic mass is 16.2. The molecule has 16 heavy (non-hydrogen) atoms. The van der Waals surface area contributed by atoms with Crippen molar-refractivity contribution in [2.75, 3.05) is 11.9 Å². The molecule has 1 fully saturated rings. The van der Waals surface area contributed by atoms with E-state index >= 15 is 0 Å². The summed E-state index contributed by atoms with van der Waals surface area (Å²) in [6.45, 7) is 2.97. The molecule has 0 amide bonds. The molecular formula is C11H20N4O. The second kappa shape index (κ2) is 4.72. The van der Waals surface area contributed by atoms with Gasteiger partial charge in [0.15, 0.2) is 0 Å². The number of rotatable bonds is 4. The van der Waals surface area contributed by atoms with Crippen LogP contribution < -0.4 is 11.0 Å². The third-order valence-corrected chi connectivity index (χ3v) is 3.18. The van der Waals surface area contributed by atoms with Gasteiger partial charge in [-0.15, -0.1) is 5.10 Å². The Hall–Kier alpha value is -1.26. The van der Waals surface area contributed by atoms with Gasteiger partial charge in [0.05, 0.1) is 0 Å². The Morgan fingerprint density at radius 1 is 1.44 bits per heavy atom. The predicted octanol–water partition coefficient (Wildman–Crippen LogP) is 1.52. The molecule has 5 heteroatoms. The minimum atomic E-state index is 0.00510. The van der Waals surface area contributed by atoms with Gasteiger partial charge in [-0.2, -0.15) is 0 Å². The highest BCUT2D eigenvalue weighted by molar-refractivity contribution is 5.24. The maximum Gasteiger partial charge on any atom is 0.347 e. The maximum atomic E-state index is 12.0. The number of nitrogens with zero attached hydrogens (tertiary/aromatic N) is 3. The fraction of sp³-hybridized carbons (Fsp3) is 0.818. The van der Waals surface area contributed by atoms with Crippen LogP contribution in [0, 0.1) is 0 Å². The van der Waals surface area contributed by atoms with E-state index in [2.05, 4.69) is 17.3 Å². The van der Waals surface area contributed by atoms with Crippen LogP contribution >= 0.6 is 0 Å². The van der Waals surface area contributed by atoms with Crippen molar-refractivity contribution in [1.82, 2.24) is 14.3 Å². The largest absolute Gasteiger partial charge is 0.354 e. The summed E-state index contributed by atoms with van der Waals surface area (Å²) in [6.07, 6.45) is 5.69. The fourth-order valence-electron chi connectivity index (χ4n) is 2.33. The average Bonchev–Trinajstić information content (AvgIpc) is 2.86. The van der Waals surface area contributed by atoms with Gasteiger partial charge < -0.3 is 5.32 Å². The van der Waals surface area contributed by atoms with Crippen molar-refractivity contribution < 1.29 is 0 Å². The van der Waals surface area contributed by atoms with Crippen LogP contribution in [0.25, 0.3) is 0 Å². The zero-order valence-corrected chi connectivity index (χ0v) is 10.1. The van der Waals surface area contributed by atoms with Crippen LogP contribution in [0.4, 0.5) is 5.95 Å². The van der Waals surface area contributed by atoms with Crippen LogP contribution in [0.2, 0.25) is 0 Å². The molecule has 0 aliphatic heterocycles. The lowest BCUT2D eigenvalue weighted by Crippen LogP contribution is -2.26. The van der Waals surface area contributed by atoms with Gasteiger partial charge in [-0.3, -0.25) is 4.57 Å². The monoisotopic (exact) mass is 224 g/mol. The standard InChI is InChI=1S/C11H20N4O/c1-3-8-12-10-13-14(2)11(16)15(10)9-6-4-5-7-9/h9H,3-8H2,1-2H3,(H,12,13). The van der Waals surface area contributed by atoms with Crippen LogP contribution in [-0.2, 0) is 7.05 Å². The molecule has 0 aromatic carbocycles. The molecule has 0 saturated heterocycles. The molecule has 1 saturated carbocycles. The first-order valence-electron chi connectivity index (χ1n) is 6.13. The molecule has 0 bridgehead atoms. The van der Waals surface area contributed by atoms with E-state index in [1.54, 1.807) is 7.05 Å². The molecule has 1 aliphatic carbocycles. The highest BCUT2D eigenvalue weighted by Crippen LogP contribution is 2.29. The van der Waals surface area contributed by atoms with Crippen LogP contribution in [-0.4, -0.2) is 20.9 Å². The van der Waals surface area contributed by atoms with Gasteiger partial charge in [0, 0.05) is 19.6 Å². The van der Waals surface area contributed by atoms with Gasteiger partial charge in [-0.05, 0) is 19.3 Å². The van der Waals surface area contributed by atoms with Crippen molar-refractivity contribution >= 4 is 5.95 Å². The Balaban J connectivity index is 2.28. The first-order chi connectivity index (χ1) is 7.74. The Morgan fingerprint density at radius 2 is 2.12 bits per heavy atom. The van der Waals surface area contributed by atoms with Crippen molar-refractivity contribution in [3.8, 4) is 0 Å². The lowest BCUT2D eigenvalue weighted by atomic mass is 10.2. The number of nitrogens with one attached hydrogen (secondary N) is 1. The first-order valence-corrected chi connectivity index (χ1v) is 6.13. The van der Waals surface area contributed by atoms with E-state index in [0.717, 1.165) is 31.8 Å². The van der Waals surface area contributed by atoms with Crippen LogP contribution in [0.5, 0.6) is 0 Å². The molecular weight excluding hydrogens is 204 g/mol. The molecule has 0 spiro atoms. The van der Waals surface area contributed by atoms with Crippen molar-refractivity contribution in [3.05, 3.63) is 10.5 Å². The van der Waals surface area contributed by atoms with E-state index in [9.17, 15) is 4.79 Å². The SMILES string of the molecule is CCCNc1nn(C)c(=O)n1C1CCCC1. The van der Waals surface area contributed by atoms with Crippen LogP contribution in [0.3, 0.4) is 0 Å². The molecule has 1 aliphatic rings. The van der Waals surface area contributed by atoms with Crippen molar-refractivity contribution in [1.29, 1.82) is 0 Å². The second-order valence-corrected chi connectivity index (χ2v) is 4.46. The third kappa shape index (κ3) is 1.99. The molecule has 90 valence electrons. The molecule has 1 aromatic rings. The van der Waals surface area contributed by atoms with Crippen molar-refractivity contribution in [2.24, 2.45) is 7.05 Å². The predicted molar refractivity (Wildman–Crippen MR) is 63.8 cm³/mol. The molecule has 0 radical (unpaired) electrons. The zero-order chi connectivity index (χ0) is 11.5. The van der Waals surface area contributed by atoms with Crippen molar-refractivity contribution in [3.63, 3.8) is 0 Å². The van der Waals surface area contributed by atoms with Gasteiger partial charge in [0.2, 0.25) is 5.95 Å². The summed E-state index contributed by atoms with van der Waals surface area (Å²) in [4.78, 5) is 12.0. The number of anilines is 1. The summed E-state index contributed by atoms with van der Waals surface area (Å²) in [6, 6.07) is 0.348. The third-order valence-electron chi connectivity index (χ3n) is 3.18. The van der Waals surface area contributed by atoms with E-state index in [0.29, 0.717) is 6.04 Å². The molecule has 2 rings (SSSR count). The average molecular weight is 224 g/mol. The van der Waals surface area contributed by atoms with E-state index in [4.69, 9.17) is 0 Å². The number of aromatic nitrogens is 3. The quantitative estimate of drug-likeness (QED) is 0.843. The normalized spacial score (nSPS) is 16.9. The molecule has 1 N–H and O–H groups in total. The van der Waals surface area contributed by atoms with Gasteiger partial charge >= 0.3 is 5.69 Å². The molecule has 0 atom stereocenters. The van der Waals surface area contributed by atoms with Crippen LogP contribution in [0.1, 0.15) is 45.1 Å². The van der Waals surface area contributed by atoms with E-state index in [1.165, 1.54) is 17.5 Å². The molecule has 1 heterocycles. The van der Waals surface area contributed by atoms with Crippen LogP contribution in [0.15, 0.2) is 4.79 Å². The zero-order valence-electron chi connectivity index (χ0n) is 10.1. The van der Waals surface area contributed by atoms with E-state index in [1.807, 2.05) is 4.57 Å². The van der Waals surface area contributed by atoms with Crippen molar-refractivity contribution in [2.45, 2.75) is 45.1 Å². The molecule has 1 aromatic heterocycles. The number of aryl methyl sites for hydroxylation is 1. The summed E-state index contributed by atoms with van der Waals surface area (Å²) in [5.74, 6) is 0.737. The lowest BCUT2D eigenvalue weighted by Gasteiger charge is -2.12. The Bertz CT molecular complexity index is 401. The summed E-state index contributed by atoms with van der Waals surface area (Å²) < 4.78 is 3.26. The van der Waals surface area contributed by atoms with E-state index < -0.39 is 0 Å². The second-order valence-electron chi connectivity index (χ2n) is 4.46. The highest BCUT2D eigenvalue weighted by Gasteiger charge is 2.23. The van der Waals surface area contributed by atoms with Gasteiger partial charge in [0.1, 0.15) is 0 Å².